The van der Waals surface area contributed by atoms with Crippen LogP contribution >= 0.6 is 7.82 Å². The van der Waals surface area contributed by atoms with Crippen molar-refractivity contribution in [1.29, 1.82) is 0 Å². The molecule has 13 heteroatoms. The summed E-state index contributed by atoms with van der Waals surface area (Å²) < 4.78 is 8.66. The van der Waals surface area contributed by atoms with Crippen LogP contribution in [0, 0.1) is 0 Å². The summed E-state index contributed by atoms with van der Waals surface area (Å²) in [6.45, 7) is 0. The van der Waals surface area contributed by atoms with Crippen molar-refractivity contribution in [3.63, 3.8) is 0 Å². The Bertz CT molecular complexity index is 79.4. The maximum absolute atomic E-state index is 8.66. The minimum atomic E-state index is -5.14. The normalized spacial score (nSPS) is 4.54. The molecule has 13 heavy (non-hydrogen) atoms. The predicted octanol–water partition coefficient (Wildman–Crippen LogP) is -25.5. The molecular weight excluding hydrogens is 279 g/mol. The van der Waals surface area contributed by atoms with Gasteiger partial charge in [-0.05, 0) is 0 Å². The zero-order valence-electron chi connectivity index (χ0n) is 16.1. The van der Waals surface area contributed by atoms with Crippen LogP contribution in [0.4, 0.5) is 0 Å². The molecule has 0 rings (SSSR count). The Balaban J connectivity index is -0.000000000879. The van der Waals surface area contributed by atoms with Gasteiger partial charge in [0.2, 0.25) is 0 Å². The smallest absolute Gasteiger partial charge is 1.00 e. The van der Waals surface area contributed by atoms with Crippen molar-refractivity contribution in [2.75, 3.05) is 0 Å². The Kier molecular flexibility index (Phi) is 165. The molecule has 0 spiro atoms. The molecule has 0 aromatic carbocycles. The molecule has 1 N–H and O–H groups in total. The quantitative estimate of drug-likeness (QED) is 0.354. The molecule has 0 saturated carbocycles. The van der Waals surface area contributed by atoms with Crippen LogP contribution in [0.1, 0.15) is 8.56 Å². The molecule has 0 atom stereocenters. The van der Waals surface area contributed by atoms with Crippen LogP contribution in [-0.4, -0.2) is 4.89 Å². The summed E-state index contributed by atoms with van der Waals surface area (Å²) in [6.07, 6.45) is 0. The van der Waals surface area contributed by atoms with Gasteiger partial charge in [-0.15, -0.1) is 0 Å². The van der Waals surface area contributed by atoms with Gasteiger partial charge in [-0.25, -0.2) is 0 Å². The third-order valence-corrected chi connectivity index (χ3v) is 0. The average Bonchev–Trinajstić information content (AvgIpc) is 0.722. The Hall–Kier alpha value is 8.11. The molecule has 4 nitrogen and oxygen atoms in total. The second kappa shape index (κ2) is 36.9. The van der Waals surface area contributed by atoms with Gasteiger partial charge in [0.05, 0.1) is 7.82 Å². The monoisotopic (exact) mass is 286 g/mol. The number of hydrogen-bond acceptors (Lipinski definition) is 3. The minimum Gasteiger partial charge on any atom is -1.00 e. The Labute approximate surface area is 265 Å². The number of phosphoric acid groups is 1. The molecule has 0 aromatic heterocycles. The van der Waals surface area contributed by atoms with Crippen LogP contribution in [0.25, 0.3) is 0 Å². The first-order chi connectivity index (χ1) is 2.00. The summed E-state index contributed by atoms with van der Waals surface area (Å²) in [5.74, 6) is 0. The summed E-state index contributed by atoms with van der Waals surface area (Å²) in [5.41, 5.74) is 0. The third-order valence-electron chi connectivity index (χ3n) is 0. The summed E-state index contributed by atoms with van der Waals surface area (Å²) in [4.78, 5) is 24.3. The fourth-order valence-electron chi connectivity index (χ4n) is 0. The van der Waals surface area contributed by atoms with Gasteiger partial charge in [-0.1, -0.05) is 0 Å². The molecule has 0 aliphatic heterocycles. The Morgan fingerprint density at radius 1 is 0.769 bits per heavy atom. The van der Waals surface area contributed by atoms with E-state index in [1.807, 2.05) is 0 Å². The number of rotatable bonds is 0. The largest absolute Gasteiger partial charge is 1.00 e. The van der Waals surface area contributed by atoms with Crippen molar-refractivity contribution in [3.05, 3.63) is 0 Å². The molecule has 0 aliphatic carbocycles. The van der Waals surface area contributed by atoms with Crippen LogP contribution in [0.15, 0.2) is 0 Å². The molecule has 0 amide bonds. The Morgan fingerprint density at radius 3 is 0.769 bits per heavy atom. The molecule has 0 fully saturated rings. The van der Waals surface area contributed by atoms with Crippen LogP contribution in [0.2, 0.25) is 0 Å². The predicted molar refractivity (Wildman–Crippen MR) is 16.5 cm³/mol. The van der Waals surface area contributed by atoms with Crippen LogP contribution in [0.3, 0.4) is 0 Å². The third kappa shape index (κ3) is 100. The van der Waals surface area contributed by atoms with Gasteiger partial charge in [-0.3, -0.25) is 0 Å². The molecule has 0 bridgehead atoms. The second-order valence-corrected chi connectivity index (χ2v) is 1.41. The molecular formula is H7Na8O4P. The fraction of sp³-hybridized carbons (Fsp3) is 0. The summed E-state index contributed by atoms with van der Waals surface area (Å²) in [7, 11) is -5.14. The van der Waals surface area contributed by atoms with Crippen molar-refractivity contribution >= 4 is 7.82 Å². The van der Waals surface area contributed by atoms with Crippen LogP contribution in [-0.2, 0) is 4.57 Å². The topological polar surface area (TPSA) is 83.4 Å². The molecule has 0 unspecified atom stereocenters. The van der Waals surface area contributed by atoms with E-state index in [0.29, 0.717) is 0 Å². The second-order valence-electron chi connectivity index (χ2n) is 0.469. The first kappa shape index (κ1) is 58.2. The minimum absolute atomic E-state index is 0. The summed E-state index contributed by atoms with van der Waals surface area (Å²) in [5, 5.41) is 0. The van der Waals surface area contributed by atoms with E-state index in [1.165, 1.54) is 0 Å². The summed E-state index contributed by atoms with van der Waals surface area (Å²) >= 11 is 0. The van der Waals surface area contributed by atoms with E-state index < -0.39 is 7.82 Å². The maximum atomic E-state index is 8.66. The standard InChI is InChI=1S/8Na.H3O4P.6H/c;;;;;;;;1-5(2,3)4;;;;;;/h;;;;;;;;(H3,1,2,3,4);;;;;;/q8*+1;;6*-1/p-2. The van der Waals surface area contributed by atoms with Crippen LogP contribution < -0.4 is 246 Å². The number of hydrogen-bond donors (Lipinski definition) is 1. The zero-order chi connectivity index (χ0) is 4.50. The molecule has 0 aromatic rings. The van der Waals surface area contributed by atoms with Crippen molar-refractivity contribution < 1.29 is 264 Å². The first-order valence-electron chi connectivity index (χ1n) is 0.748. The van der Waals surface area contributed by atoms with E-state index in [1.54, 1.807) is 0 Å². The van der Waals surface area contributed by atoms with Gasteiger partial charge in [-0.2, -0.15) is 0 Å². The molecule has 0 saturated heterocycles. The van der Waals surface area contributed by atoms with E-state index >= 15 is 0 Å². The average molecular weight is 286 g/mol. The fourth-order valence-corrected chi connectivity index (χ4v) is 0. The molecule has 0 heterocycles. The van der Waals surface area contributed by atoms with E-state index in [9.17, 15) is 0 Å². The van der Waals surface area contributed by atoms with Crippen molar-refractivity contribution in [3.8, 4) is 0 Å². The van der Waals surface area contributed by atoms with Gasteiger partial charge < -0.3 is 27.8 Å². The van der Waals surface area contributed by atoms with Crippen molar-refractivity contribution in [1.82, 2.24) is 0 Å². The Morgan fingerprint density at radius 2 is 0.769 bits per heavy atom. The zero-order valence-corrected chi connectivity index (χ0v) is 27.0. The van der Waals surface area contributed by atoms with Crippen molar-refractivity contribution in [2.24, 2.45) is 0 Å². The SMILES string of the molecule is O=P([O-])([O-])O.[H-].[H-].[H-].[H-].[H-].[H-].[Na+].[Na+].[Na+].[Na+].[Na+].[Na+].[Na+].[Na+]. The summed E-state index contributed by atoms with van der Waals surface area (Å²) in [6, 6.07) is 0. The van der Waals surface area contributed by atoms with E-state index in [4.69, 9.17) is 19.2 Å². The van der Waals surface area contributed by atoms with Gasteiger partial charge in [0, 0.05) is 0 Å². The van der Waals surface area contributed by atoms with E-state index in [-0.39, 0.29) is 245 Å². The molecule has 0 aliphatic rings. The van der Waals surface area contributed by atoms with E-state index in [2.05, 4.69) is 0 Å². The van der Waals surface area contributed by atoms with Gasteiger partial charge in [0.1, 0.15) is 0 Å². The first-order valence-corrected chi connectivity index (χ1v) is 2.24. The maximum Gasteiger partial charge on any atom is 1.00 e. The van der Waals surface area contributed by atoms with Gasteiger partial charge >= 0.3 is 236 Å². The van der Waals surface area contributed by atoms with Crippen molar-refractivity contribution in [2.45, 2.75) is 0 Å². The molecule has 44 valence electrons. The van der Waals surface area contributed by atoms with Crippen LogP contribution in [0.5, 0.6) is 0 Å². The van der Waals surface area contributed by atoms with E-state index in [0.717, 1.165) is 0 Å². The van der Waals surface area contributed by atoms with Gasteiger partial charge in [0.25, 0.3) is 0 Å². The molecule has 0 radical (unpaired) electrons. The van der Waals surface area contributed by atoms with Gasteiger partial charge in [0.15, 0.2) is 0 Å².